The van der Waals surface area contributed by atoms with Gasteiger partial charge >= 0.3 is 0 Å². The van der Waals surface area contributed by atoms with E-state index >= 15 is 0 Å². The van der Waals surface area contributed by atoms with Crippen molar-refractivity contribution < 1.29 is 9.31 Å². The van der Waals surface area contributed by atoms with E-state index in [0.717, 1.165) is 25.7 Å². The van der Waals surface area contributed by atoms with Crippen molar-refractivity contribution in [2.24, 2.45) is 5.92 Å². The smallest absolute Gasteiger partial charge is 0.272 e. The van der Waals surface area contributed by atoms with Gasteiger partial charge in [-0.3, -0.25) is 10.1 Å². The minimum atomic E-state index is -0.567. The summed E-state index contributed by atoms with van der Waals surface area (Å²) in [5.41, 5.74) is 0.289. The summed E-state index contributed by atoms with van der Waals surface area (Å²) >= 11 is 0. The monoisotopic (exact) mass is 293 g/mol. The average molecular weight is 293 g/mol. The third-order valence-electron chi connectivity index (χ3n) is 4.41. The lowest BCUT2D eigenvalue weighted by atomic mass is 9.97. The van der Waals surface area contributed by atoms with Crippen LogP contribution in [0.25, 0.3) is 0 Å². The highest BCUT2D eigenvalue weighted by Gasteiger charge is 2.30. The Labute approximate surface area is 123 Å². The number of non-ortho nitro benzene ring substituents is 1. The quantitative estimate of drug-likeness (QED) is 0.632. The summed E-state index contributed by atoms with van der Waals surface area (Å²) in [6.07, 6.45) is 3.90. The van der Waals surface area contributed by atoms with Crippen molar-refractivity contribution in [3.8, 4) is 0 Å². The second kappa shape index (κ2) is 5.97. The first-order chi connectivity index (χ1) is 10.1. The zero-order chi connectivity index (χ0) is 14.8. The first-order valence-corrected chi connectivity index (χ1v) is 7.55. The fourth-order valence-electron chi connectivity index (χ4n) is 3.25. The summed E-state index contributed by atoms with van der Waals surface area (Å²) in [6, 6.07) is 3.90. The van der Waals surface area contributed by atoms with Gasteiger partial charge in [-0.1, -0.05) is 6.42 Å². The molecule has 114 valence electrons. The van der Waals surface area contributed by atoms with Crippen LogP contribution in [0.1, 0.15) is 19.3 Å². The lowest BCUT2D eigenvalue weighted by Crippen LogP contribution is -2.52. The maximum absolute atomic E-state index is 13.9. The van der Waals surface area contributed by atoms with Crippen molar-refractivity contribution in [2.75, 3.05) is 37.6 Å². The van der Waals surface area contributed by atoms with Crippen LogP contribution in [-0.4, -0.2) is 42.5 Å². The van der Waals surface area contributed by atoms with E-state index in [1.54, 1.807) is 0 Å². The Hall–Kier alpha value is -1.69. The number of benzene rings is 1. The maximum atomic E-state index is 13.9. The normalized spacial score (nSPS) is 20.3. The molecule has 0 N–H and O–H groups in total. The van der Waals surface area contributed by atoms with Gasteiger partial charge in [0.1, 0.15) is 0 Å². The highest BCUT2D eigenvalue weighted by molar-refractivity contribution is 5.54. The summed E-state index contributed by atoms with van der Waals surface area (Å²) in [7, 11) is 0. The number of halogens is 1. The van der Waals surface area contributed by atoms with Crippen molar-refractivity contribution in [3.05, 3.63) is 34.1 Å². The summed E-state index contributed by atoms with van der Waals surface area (Å²) in [6.45, 7) is 5.13. The number of piperidine rings is 1. The van der Waals surface area contributed by atoms with Gasteiger partial charge in [0, 0.05) is 31.6 Å². The van der Waals surface area contributed by atoms with Gasteiger partial charge in [0.25, 0.3) is 5.69 Å². The van der Waals surface area contributed by atoms with E-state index in [0.29, 0.717) is 11.6 Å². The van der Waals surface area contributed by atoms with E-state index in [2.05, 4.69) is 4.90 Å². The van der Waals surface area contributed by atoms with Crippen LogP contribution in [0.2, 0.25) is 0 Å². The molecule has 0 radical (unpaired) electrons. The van der Waals surface area contributed by atoms with Crippen LogP contribution in [-0.2, 0) is 0 Å². The number of likely N-dealkylation sites (tertiary alicyclic amines) is 1. The first kappa shape index (κ1) is 14.3. The molecule has 2 aliphatic rings. The van der Waals surface area contributed by atoms with Crippen LogP contribution in [0.4, 0.5) is 15.8 Å². The minimum absolute atomic E-state index is 0.193. The molecule has 5 nitrogen and oxygen atoms in total. The predicted molar refractivity (Wildman–Crippen MR) is 79.0 cm³/mol. The van der Waals surface area contributed by atoms with Gasteiger partial charge in [-0.05, 0) is 32.0 Å². The van der Waals surface area contributed by atoms with Gasteiger partial charge < -0.3 is 9.80 Å². The molecule has 0 saturated carbocycles. The zero-order valence-electron chi connectivity index (χ0n) is 12.0. The molecule has 0 bridgehead atoms. The molecule has 0 aliphatic carbocycles. The van der Waals surface area contributed by atoms with E-state index < -0.39 is 10.7 Å². The van der Waals surface area contributed by atoms with Crippen molar-refractivity contribution in [2.45, 2.75) is 19.3 Å². The number of anilines is 1. The molecular formula is C15H20FN3O2. The van der Waals surface area contributed by atoms with E-state index in [4.69, 9.17) is 0 Å². The molecule has 2 fully saturated rings. The Morgan fingerprint density at radius 2 is 1.95 bits per heavy atom. The van der Waals surface area contributed by atoms with Crippen molar-refractivity contribution in [1.82, 2.24) is 4.90 Å². The number of nitro groups is 1. The predicted octanol–water partition coefficient (Wildman–Crippen LogP) is 2.66. The Morgan fingerprint density at radius 1 is 1.24 bits per heavy atom. The number of rotatable bonds is 4. The Morgan fingerprint density at radius 3 is 2.57 bits per heavy atom. The zero-order valence-corrected chi connectivity index (χ0v) is 12.0. The Bertz CT molecular complexity index is 526. The van der Waals surface area contributed by atoms with Gasteiger partial charge in [-0.2, -0.15) is 0 Å². The lowest BCUT2D eigenvalue weighted by Gasteiger charge is -2.43. The molecular weight excluding hydrogens is 273 g/mol. The van der Waals surface area contributed by atoms with Crippen LogP contribution in [0.5, 0.6) is 0 Å². The first-order valence-electron chi connectivity index (χ1n) is 7.55. The van der Waals surface area contributed by atoms with E-state index in [9.17, 15) is 14.5 Å². The summed E-state index contributed by atoms with van der Waals surface area (Å²) in [4.78, 5) is 14.5. The third-order valence-corrected chi connectivity index (χ3v) is 4.41. The molecule has 0 amide bonds. The molecule has 21 heavy (non-hydrogen) atoms. The molecule has 6 heteroatoms. The molecule has 3 rings (SSSR count). The molecule has 2 heterocycles. The molecule has 0 unspecified atom stereocenters. The van der Waals surface area contributed by atoms with Gasteiger partial charge in [-0.25, -0.2) is 4.39 Å². The third kappa shape index (κ3) is 3.15. The topological polar surface area (TPSA) is 49.6 Å². The highest BCUT2D eigenvalue weighted by Crippen LogP contribution is 2.30. The minimum Gasteiger partial charge on any atom is -0.368 e. The van der Waals surface area contributed by atoms with Crippen LogP contribution in [0, 0.1) is 21.8 Å². The second-order valence-corrected chi connectivity index (χ2v) is 6.03. The van der Waals surface area contributed by atoms with Gasteiger partial charge in [0.2, 0.25) is 0 Å². The number of hydrogen-bond acceptors (Lipinski definition) is 4. The van der Waals surface area contributed by atoms with Crippen molar-refractivity contribution >= 4 is 11.4 Å². The van der Waals surface area contributed by atoms with Crippen LogP contribution in [0.3, 0.4) is 0 Å². The summed E-state index contributed by atoms with van der Waals surface area (Å²) in [5, 5.41) is 10.6. The number of nitro benzene ring substituents is 1. The van der Waals surface area contributed by atoms with E-state index in [1.807, 2.05) is 4.90 Å². The van der Waals surface area contributed by atoms with Crippen LogP contribution >= 0.6 is 0 Å². The molecule has 1 aromatic rings. The van der Waals surface area contributed by atoms with Crippen LogP contribution < -0.4 is 4.90 Å². The van der Waals surface area contributed by atoms with E-state index in [1.165, 1.54) is 44.5 Å². The standard InChI is InChI=1S/C15H20FN3O2/c16-14-8-13(19(20)21)4-5-15(14)18-10-12(11-18)9-17-6-2-1-3-7-17/h4-5,8,12H,1-3,6-7,9-11H2. The summed E-state index contributed by atoms with van der Waals surface area (Å²) < 4.78 is 13.9. The average Bonchev–Trinajstić information content (AvgIpc) is 2.44. The maximum Gasteiger partial charge on any atom is 0.272 e. The van der Waals surface area contributed by atoms with Crippen molar-refractivity contribution in [3.63, 3.8) is 0 Å². The molecule has 0 spiro atoms. The number of nitrogens with zero attached hydrogens (tertiary/aromatic N) is 3. The van der Waals surface area contributed by atoms with E-state index in [-0.39, 0.29) is 5.69 Å². The SMILES string of the molecule is O=[N+]([O-])c1ccc(N2CC(CN3CCCCC3)C2)c(F)c1. The Kier molecular flexibility index (Phi) is 4.05. The highest BCUT2D eigenvalue weighted by atomic mass is 19.1. The second-order valence-electron chi connectivity index (χ2n) is 6.03. The van der Waals surface area contributed by atoms with Crippen molar-refractivity contribution in [1.29, 1.82) is 0 Å². The fourth-order valence-corrected chi connectivity index (χ4v) is 3.25. The molecule has 0 aromatic heterocycles. The molecule has 2 saturated heterocycles. The fraction of sp³-hybridized carbons (Fsp3) is 0.600. The molecule has 1 aromatic carbocycles. The van der Waals surface area contributed by atoms with Crippen LogP contribution in [0.15, 0.2) is 18.2 Å². The molecule has 0 atom stereocenters. The molecule has 2 aliphatic heterocycles. The van der Waals surface area contributed by atoms with Gasteiger partial charge in [0.15, 0.2) is 5.82 Å². The Balaban J connectivity index is 1.54. The largest absolute Gasteiger partial charge is 0.368 e. The lowest BCUT2D eigenvalue weighted by molar-refractivity contribution is -0.385. The van der Waals surface area contributed by atoms with Gasteiger partial charge in [-0.15, -0.1) is 0 Å². The summed E-state index contributed by atoms with van der Waals surface area (Å²) in [5.74, 6) is 0.0818. The number of hydrogen-bond donors (Lipinski definition) is 0. The van der Waals surface area contributed by atoms with Gasteiger partial charge in [0.05, 0.1) is 16.7 Å².